The van der Waals surface area contributed by atoms with Crippen molar-refractivity contribution in [2.45, 2.75) is 19.5 Å². The molecule has 0 aromatic carbocycles. The highest BCUT2D eigenvalue weighted by Gasteiger charge is 2.41. The molecule has 0 aliphatic heterocycles. The number of aromatic carboxylic acids is 1. The topological polar surface area (TPSA) is 72.6 Å². The number of alkyl halides is 3. The Morgan fingerprint density at radius 3 is 2.59 bits per heavy atom. The summed E-state index contributed by atoms with van der Waals surface area (Å²) >= 11 is 0. The Hall–Kier alpha value is -1.57. The predicted molar refractivity (Wildman–Crippen MR) is 48.7 cm³/mol. The molecule has 0 atom stereocenters. The van der Waals surface area contributed by atoms with Gasteiger partial charge in [-0.05, 0) is 6.92 Å². The molecule has 0 aliphatic carbocycles. The van der Waals surface area contributed by atoms with Gasteiger partial charge in [-0.25, -0.2) is 9.78 Å². The van der Waals surface area contributed by atoms with Crippen molar-refractivity contribution < 1.29 is 32.2 Å². The third-order valence-electron chi connectivity index (χ3n) is 1.80. The maximum Gasteiger partial charge on any atom is 0.437 e. The van der Waals surface area contributed by atoms with Crippen LogP contribution in [0.1, 0.15) is 29.1 Å². The summed E-state index contributed by atoms with van der Waals surface area (Å²) in [7, 11) is 0. The molecule has 96 valence electrons. The molecule has 1 N–H and O–H groups in total. The highest BCUT2D eigenvalue weighted by molar-refractivity contribution is 5.85. The lowest BCUT2D eigenvalue weighted by molar-refractivity contribution is -0.141. The Balaban J connectivity index is 2.93. The second-order valence-electron chi connectivity index (χ2n) is 3.04. The first kappa shape index (κ1) is 13.5. The maximum absolute atomic E-state index is 12.4. The van der Waals surface area contributed by atoms with Crippen molar-refractivity contribution in [3.63, 3.8) is 0 Å². The molecule has 5 nitrogen and oxygen atoms in total. The van der Waals surface area contributed by atoms with Gasteiger partial charge in [0.2, 0.25) is 5.76 Å². The highest BCUT2D eigenvalue weighted by atomic mass is 19.4. The first-order valence-electron chi connectivity index (χ1n) is 4.74. The maximum atomic E-state index is 12.4. The van der Waals surface area contributed by atoms with Gasteiger partial charge in [0.1, 0.15) is 0 Å². The first-order valence-corrected chi connectivity index (χ1v) is 4.74. The zero-order valence-electron chi connectivity index (χ0n) is 8.87. The van der Waals surface area contributed by atoms with Gasteiger partial charge in [-0.15, -0.1) is 0 Å². The van der Waals surface area contributed by atoms with Gasteiger partial charge in [0.25, 0.3) is 0 Å². The lowest BCUT2D eigenvalue weighted by Crippen LogP contribution is -2.11. The molecule has 0 aliphatic rings. The molecule has 0 saturated heterocycles. The van der Waals surface area contributed by atoms with Crippen LogP contribution in [-0.4, -0.2) is 29.3 Å². The van der Waals surface area contributed by atoms with E-state index < -0.39 is 23.6 Å². The Kier molecular flexibility index (Phi) is 4.11. The fourth-order valence-electron chi connectivity index (χ4n) is 1.11. The third kappa shape index (κ3) is 3.45. The second kappa shape index (κ2) is 5.17. The van der Waals surface area contributed by atoms with Crippen LogP contribution >= 0.6 is 0 Å². The van der Waals surface area contributed by atoms with Crippen molar-refractivity contribution in [1.82, 2.24) is 4.98 Å². The average molecular weight is 253 g/mol. The summed E-state index contributed by atoms with van der Waals surface area (Å²) in [6.45, 7) is 2.24. The van der Waals surface area contributed by atoms with Gasteiger partial charge >= 0.3 is 12.1 Å². The molecule has 0 radical (unpaired) electrons. The van der Waals surface area contributed by atoms with Crippen molar-refractivity contribution in [2.24, 2.45) is 0 Å². The number of hydrogen-bond acceptors (Lipinski definition) is 4. The minimum Gasteiger partial charge on any atom is -0.475 e. The molecule has 17 heavy (non-hydrogen) atoms. The molecule has 0 bridgehead atoms. The summed E-state index contributed by atoms with van der Waals surface area (Å²) in [5, 5.41) is 8.55. The first-order chi connectivity index (χ1) is 7.86. The monoisotopic (exact) mass is 253 g/mol. The van der Waals surface area contributed by atoms with E-state index in [9.17, 15) is 18.0 Å². The van der Waals surface area contributed by atoms with Gasteiger partial charge in [-0.2, -0.15) is 13.2 Å². The zero-order chi connectivity index (χ0) is 13.1. The van der Waals surface area contributed by atoms with E-state index in [1.165, 1.54) is 0 Å². The molecule has 0 saturated carbocycles. The molecule has 0 unspecified atom stereocenters. The number of hydrogen-bond donors (Lipinski definition) is 1. The van der Waals surface area contributed by atoms with Crippen molar-refractivity contribution in [2.75, 3.05) is 13.2 Å². The van der Waals surface area contributed by atoms with E-state index in [2.05, 4.69) is 9.40 Å². The van der Waals surface area contributed by atoms with Crippen LogP contribution in [0.4, 0.5) is 13.2 Å². The molecule has 1 rings (SSSR count). The Labute approximate surface area is 94.2 Å². The van der Waals surface area contributed by atoms with Crippen LogP contribution in [0.25, 0.3) is 0 Å². The quantitative estimate of drug-likeness (QED) is 0.812. The smallest absolute Gasteiger partial charge is 0.437 e. The number of nitrogens with zero attached hydrogens (tertiary/aromatic N) is 1. The standard InChI is InChI=1S/C9H10F3NO4/c1-2-16-4-3-5-13-7(9(10,11)12)6(17-5)8(14)15/h2-4H2,1H3,(H,14,15). The summed E-state index contributed by atoms with van der Waals surface area (Å²) in [4.78, 5) is 13.7. The van der Waals surface area contributed by atoms with Crippen LogP contribution < -0.4 is 0 Å². The number of carboxylic acids is 1. The van der Waals surface area contributed by atoms with Crippen molar-refractivity contribution >= 4 is 5.97 Å². The van der Waals surface area contributed by atoms with E-state index in [0.717, 1.165) is 0 Å². The van der Waals surface area contributed by atoms with Crippen LogP contribution in [0.2, 0.25) is 0 Å². The SMILES string of the molecule is CCOCCc1nc(C(F)(F)F)c(C(=O)O)o1. The summed E-state index contributed by atoms with van der Waals surface area (Å²) < 4.78 is 46.6. The molecule has 8 heteroatoms. The molecular formula is C9H10F3NO4. The van der Waals surface area contributed by atoms with Crippen molar-refractivity contribution in [3.05, 3.63) is 17.3 Å². The second-order valence-corrected chi connectivity index (χ2v) is 3.04. The fraction of sp³-hybridized carbons (Fsp3) is 0.556. The molecular weight excluding hydrogens is 243 g/mol. The summed E-state index contributed by atoms with van der Waals surface area (Å²) in [6.07, 6.45) is -4.86. The van der Waals surface area contributed by atoms with Gasteiger partial charge in [0.15, 0.2) is 11.6 Å². The van der Waals surface area contributed by atoms with E-state index in [1.807, 2.05) is 0 Å². The number of halogens is 3. The van der Waals surface area contributed by atoms with E-state index in [1.54, 1.807) is 6.92 Å². The van der Waals surface area contributed by atoms with Crippen molar-refractivity contribution in [1.29, 1.82) is 0 Å². The van der Waals surface area contributed by atoms with Crippen LogP contribution in [-0.2, 0) is 17.3 Å². The third-order valence-corrected chi connectivity index (χ3v) is 1.80. The van der Waals surface area contributed by atoms with Gasteiger partial charge in [0.05, 0.1) is 6.61 Å². The largest absolute Gasteiger partial charge is 0.475 e. The minimum absolute atomic E-state index is 0.00972. The van der Waals surface area contributed by atoms with Gasteiger partial charge < -0.3 is 14.3 Å². The summed E-state index contributed by atoms with van der Waals surface area (Å²) in [6, 6.07) is 0. The number of carbonyl (C=O) groups is 1. The van der Waals surface area contributed by atoms with Crippen LogP contribution in [0.5, 0.6) is 0 Å². The van der Waals surface area contributed by atoms with E-state index in [0.29, 0.717) is 6.61 Å². The number of oxazole rings is 1. The van der Waals surface area contributed by atoms with E-state index >= 15 is 0 Å². The number of ether oxygens (including phenoxy) is 1. The number of rotatable bonds is 5. The van der Waals surface area contributed by atoms with E-state index in [4.69, 9.17) is 9.84 Å². The van der Waals surface area contributed by atoms with Crippen molar-refractivity contribution in [3.8, 4) is 0 Å². The minimum atomic E-state index is -4.85. The lowest BCUT2D eigenvalue weighted by Gasteiger charge is -2.00. The van der Waals surface area contributed by atoms with E-state index in [-0.39, 0.29) is 18.9 Å². The zero-order valence-corrected chi connectivity index (χ0v) is 8.87. The number of carboxylic acid groups (broad SMARTS) is 1. The molecule has 1 aromatic heterocycles. The van der Waals surface area contributed by atoms with Crippen LogP contribution in [0.3, 0.4) is 0 Å². The normalized spacial score (nSPS) is 11.8. The summed E-state index contributed by atoms with van der Waals surface area (Å²) in [5.74, 6) is -3.29. The molecule has 0 fully saturated rings. The summed E-state index contributed by atoms with van der Waals surface area (Å²) in [5.41, 5.74) is -1.52. The average Bonchev–Trinajstić information content (AvgIpc) is 2.62. The lowest BCUT2D eigenvalue weighted by atomic mass is 10.3. The van der Waals surface area contributed by atoms with Crippen LogP contribution in [0.15, 0.2) is 4.42 Å². The molecule has 1 aromatic rings. The Morgan fingerprint density at radius 1 is 1.53 bits per heavy atom. The molecule has 0 amide bonds. The molecule has 0 spiro atoms. The molecule has 1 heterocycles. The Morgan fingerprint density at radius 2 is 2.18 bits per heavy atom. The fourth-order valence-corrected chi connectivity index (χ4v) is 1.11. The van der Waals surface area contributed by atoms with Gasteiger partial charge in [0, 0.05) is 13.0 Å². The predicted octanol–water partition coefficient (Wildman–Crippen LogP) is 1.97. The highest BCUT2D eigenvalue weighted by Crippen LogP contribution is 2.31. The van der Waals surface area contributed by atoms with Gasteiger partial charge in [-0.1, -0.05) is 0 Å². The number of aromatic nitrogens is 1. The van der Waals surface area contributed by atoms with Crippen LogP contribution in [0, 0.1) is 0 Å². The van der Waals surface area contributed by atoms with Gasteiger partial charge in [-0.3, -0.25) is 0 Å². The Bertz CT molecular complexity index is 399.